The van der Waals surface area contributed by atoms with Crippen LogP contribution in [0.3, 0.4) is 0 Å². The lowest BCUT2D eigenvalue weighted by Crippen LogP contribution is -1.90. The van der Waals surface area contributed by atoms with Crippen LogP contribution >= 0.6 is 22.9 Å². The molecule has 0 radical (unpaired) electrons. The second-order valence-corrected chi connectivity index (χ2v) is 7.90. The average molecular weight is 432 g/mol. The summed E-state index contributed by atoms with van der Waals surface area (Å²) >= 11 is 7.84. The minimum atomic E-state index is 0.368. The van der Waals surface area contributed by atoms with Crippen molar-refractivity contribution < 1.29 is 4.74 Å². The third-order valence-electron chi connectivity index (χ3n) is 4.64. The number of halogens is 1. The number of pyridine rings is 1. The van der Waals surface area contributed by atoms with Crippen molar-refractivity contribution in [3.63, 3.8) is 0 Å². The first-order chi connectivity index (χ1) is 14.6. The van der Waals surface area contributed by atoms with Crippen LogP contribution in [0.4, 0.5) is 0 Å². The van der Waals surface area contributed by atoms with Crippen molar-refractivity contribution >= 4 is 45.5 Å². The monoisotopic (exact) mass is 431 g/mol. The van der Waals surface area contributed by atoms with Gasteiger partial charge < -0.3 is 4.74 Å². The van der Waals surface area contributed by atoms with E-state index in [9.17, 15) is 5.26 Å². The molecule has 0 bridgehead atoms. The standard InChI is InChI=1S/C24H18ClN3OS/c1-3-29-20-9-7-16(8-10-20)21-14-30-24(27-21)19(13-26)12-18-11-17-6-4-5-15(2)22(17)28-23(18)25/h4-12,14H,3H2,1-2H3/b19-12+. The number of aromatic nitrogens is 2. The molecule has 4 rings (SSSR count). The summed E-state index contributed by atoms with van der Waals surface area (Å²) in [6.45, 7) is 4.58. The molecule has 0 saturated heterocycles. The zero-order chi connectivity index (χ0) is 21.1. The van der Waals surface area contributed by atoms with Crippen molar-refractivity contribution in [2.45, 2.75) is 13.8 Å². The maximum absolute atomic E-state index is 9.73. The summed E-state index contributed by atoms with van der Waals surface area (Å²) in [4.78, 5) is 9.17. The predicted molar refractivity (Wildman–Crippen MR) is 124 cm³/mol. The van der Waals surface area contributed by atoms with Gasteiger partial charge in [0.05, 0.1) is 23.4 Å². The smallest absolute Gasteiger partial charge is 0.137 e. The van der Waals surface area contributed by atoms with Gasteiger partial charge in [-0.3, -0.25) is 0 Å². The number of nitriles is 1. The van der Waals surface area contributed by atoms with E-state index in [1.165, 1.54) is 11.3 Å². The highest BCUT2D eigenvalue weighted by atomic mass is 35.5. The summed E-state index contributed by atoms with van der Waals surface area (Å²) in [5.74, 6) is 0.822. The summed E-state index contributed by atoms with van der Waals surface area (Å²) in [6, 6.07) is 17.9. The normalized spacial score (nSPS) is 11.5. The highest BCUT2D eigenvalue weighted by Gasteiger charge is 2.12. The Hall–Kier alpha value is -3.20. The van der Waals surface area contributed by atoms with E-state index >= 15 is 0 Å². The van der Waals surface area contributed by atoms with E-state index in [0.29, 0.717) is 27.9 Å². The van der Waals surface area contributed by atoms with Crippen molar-refractivity contribution in [3.8, 4) is 23.1 Å². The van der Waals surface area contributed by atoms with Crippen molar-refractivity contribution in [2.75, 3.05) is 6.61 Å². The van der Waals surface area contributed by atoms with E-state index in [1.54, 1.807) is 6.08 Å². The van der Waals surface area contributed by atoms with Crippen LogP contribution in [0.2, 0.25) is 5.15 Å². The molecule has 0 fully saturated rings. The summed E-state index contributed by atoms with van der Waals surface area (Å²) in [5.41, 5.74) is 4.87. The third-order valence-corrected chi connectivity index (χ3v) is 5.82. The molecule has 0 aliphatic rings. The Kier molecular flexibility index (Phi) is 5.80. The molecule has 4 nitrogen and oxygen atoms in total. The van der Waals surface area contributed by atoms with E-state index in [-0.39, 0.29) is 0 Å². The number of hydrogen-bond acceptors (Lipinski definition) is 5. The van der Waals surface area contributed by atoms with Gasteiger partial charge >= 0.3 is 0 Å². The fourth-order valence-corrected chi connectivity index (χ4v) is 4.15. The molecule has 2 heterocycles. The molecule has 0 aliphatic heterocycles. The molecule has 0 aliphatic carbocycles. The van der Waals surface area contributed by atoms with Gasteiger partial charge in [0.1, 0.15) is 22.0 Å². The van der Waals surface area contributed by atoms with Crippen LogP contribution in [0.5, 0.6) is 5.75 Å². The number of hydrogen-bond donors (Lipinski definition) is 0. The molecule has 0 spiro atoms. The second kappa shape index (κ2) is 8.66. The lowest BCUT2D eigenvalue weighted by Gasteiger charge is -2.05. The van der Waals surface area contributed by atoms with Gasteiger partial charge in [-0.25, -0.2) is 9.97 Å². The number of fused-ring (bicyclic) bond motifs is 1. The van der Waals surface area contributed by atoms with Gasteiger partial charge in [0.15, 0.2) is 0 Å². The minimum absolute atomic E-state index is 0.368. The first-order valence-corrected chi connectivity index (χ1v) is 10.7. The summed E-state index contributed by atoms with van der Waals surface area (Å²) in [6.07, 6.45) is 1.75. The SMILES string of the molecule is CCOc1ccc(-c2csc(/C(C#N)=C/c3cc4cccc(C)c4nc3Cl)n2)cc1. The maximum atomic E-state index is 9.73. The number of thiazole rings is 1. The van der Waals surface area contributed by atoms with Gasteiger partial charge in [-0.15, -0.1) is 11.3 Å². The van der Waals surface area contributed by atoms with E-state index < -0.39 is 0 Å². The van der Waals surface area contributed by atoms with Gasteiger partial charge in [0.2, 0.25) is 0 Å². The van der Waals surface area contributed by atoms with Crippen LogP contribution < -0.4 is 4.74 Å². The molecule has 0 atom stereocenters. The number of rotatable bonds is 5. The first kappa shape index (κ1) is 20.1. The zero-order valence-electron chi connectivity index (χ0n) is 16.5. The van der Waals surface area contributed by atoms with Crippen LogP contribution in [0.1, 0.15) is 23.1 Å². The van der Waals surface area contributed by atoms with Crippen LogP contribution in [0, 0.1) is 18.3 Å². The van der Waals surface area contributed by atoms with Crippen molar-refractivity contribution in [1.29, 1.82) is 5.26 Å². The zero-order valence-corrected chi connectivity index (χ0v) is 18.1. The fraction of sp³-hybridized carbons (Fsp3) is 0.125. The summed E-state index contributed by atoms with van der Waals surface area (Å²) in [7, 11) is 0. The Bertz CT molecular complexity index is 1290. The van der Waals surface area contributed by atoms with Crippen LogP contribution in [-0.2, 0) is 0 Å². The van der Waals surface area contributed by atoms with Gasteiger partial charge in [0.25, 0.3) is 0 Å². The summed E-state index contributed by atoms with van der Waals surface area (Å²) in [5, 5.41) is 13.7. The Balaban J connectivity index is 1.68. The highest BCUT2D eigenvalue weighted by molar-refractivity contribution is 7.11. The number of nitrogens with zero attached hydrogens (tertiary/aromatic N) is 3. The lowest BCUT2D eigenvalue weighted by molar-refractivity contribution is 0.340. The third kappa shape index (κ3) is 4.06. The average Bonchev–Trinajstić information content (AvgIpc) is 3.24. The van der Waals surface area contributed by atoms with E-state index in [1.807, 2.05) is 67.8 Å². The Morgan fingerprint density at radius 2 is 2.00 bits per heavy atom. The lowest BCUT2D eigenvalue weighted by atomic mass is 10.1. The van der Waals surface area contributed by atoms with Gasteiger partial charge in [0, 0.05) is 21.9 Å². The predicted octanol–water partition coefficient (Wildman–Crippen LogP) is 6.78. The van der Waals surface area contributed by atoms with Crippen molar-refractivity contribution in [3.05, 3.63) is 75.2 Å². The van der Waals surface area contributed by atoms with Crippen LogP contribution in [-0.4, -0.2) is 16.6 Å². The molecule has 30 heavy (non-hydrogen) atoms. The molecule has 148 valence electrons. The number of para-hydroxylation sites is 1. The van der Waals surface area contributed by atoms with Gasteiger partial charge in [-0.2, -0.15) is 5.26 Å². The quantitative estimate of drug-likeness (QED) is 0.258. The molecule has 0 N–H and O–H groups in total. The Morgan fingerprint density at radius 3 is 2.73 bits per heavy atom. The molecule has 2 aromatic carbocycles. The number of aryl methyl sites for hydroxylation is 1. The van der Waals surface area contributed by atoms with E-state index in [2.05, 4.69) is 16.0 Å². The molecule has 0 amide bonds. The van der Waals surface area contributed by atoms with Gasteiger partial charge in [-0.05, 0) is 55.8 Å². The number of benzene rings is 2. The number of ether oxygens (including phenoxy) is 1. The van der Waals surface area contributed by atoms with Crippen LogP contribution in [0.15, 0.2) is 53.9 Å². The topological polar surface area (TPSA) is 58.8 Å². The van der Waals surface area contributed by atoms with Crippen molar-refractivity contribution in [1.82, 2.24) is 9.97 Å². The molecule has 6 heteroatoms. The van der Waals surface area contributed by atoms with E-state index in [0.717, 1.165) is 33.5 Å². The highest BCUT2D eigenvalue weighted by Crippen LogP contribution is 2.30. The fourth-order valence-electron chi connectivity index (χ4n) is 3.16. The maximum Gasteiger partial charge on any atom is 0.137 e. The van der Waals surface area contributed by atoms with Crippen molar-refractivity contribution in [2.24, 2.45) is 0 Å². The molecule has 4 aromatic rings. The van der Waals surface area contributed by atoms with Crippen LogP contribution in [0.25, 0.3) is 33.8 Å². The molecule has 0 unspecified atom stereocenters. The summed E-state index contributed by atoms with van der Waals surface area (Å²) < 4.78 is 5.48. The molecule has 0 saturated carbocycles. The second-order valence-electron chi connectivity index (χ2n) is 6.68. The Morgan fingerprint density at radius 1 is 1.20 bits per heavy atom. The molecular formula is C24H18ClN3OS. The largest absolute Gasteiger partial charge is 0.494 e. The van der Waals surface area contributed by atoms with E-state index in [4.69, 9.17) is 16.3 Å². The van der Waals surface area contributed by atoms with Gasteiger partial charge in [-0.1, -0.05) is 29.8 Å². The Labute approximate surface area is 184 Å². The molecular weight excluding hydrogens is 414 g/mol. The molecule has 2 aromatic heterocycles. The number of allylic oxidation sites excluding steroid dienone is 1. The first-order valence-electron chi connectivity index (χ1n) is 9.46. The minimum Gasteiger partial charge on any atom is -0.494 e.